The number of aromatic nitrogens is 1. The minimum Gasteiger partial charge on any atom is -0.295 e. The molecule has 110 valence electrons. The normalized spacial score (nSPS) is 16.4. The average Bonchev–Trinajstić information content (AvgIpc) is 2.57. The van der Waals surface area contributed by atoms with Crippen LogP contribution in [0.3, 0.4) is 0 Å². The smallest absolute Gasteiger partial charge is 0.159 e. The van der Waals surface area contributed by atoms with Crippen molar-refractivity contribution in [1.82, 2.24) is 4.98 Å². The van der Waals surface area contributed by atoms with Gasteiger partial charge in [0.2, 0.25) is 0 Å². The number of Topliss-reactive ketones (excluding diaryl/α,β-unsaturated/α-hetero) is 1. The van der Waals surface area contributed by atoms with Gasteiger partial charge in [0.1, 0.15) is 0 Å². The van der Waals surface area contributed by atoms with Crippen molar-refractivity contribution in [3.8, 4) is 0 Å². The summed E-state index contributed by atoms with van der Waals surface area (Å²) < 4.78 is 0. The third kappa shape index (κ3) is 3.19. The monoisotopic (exact) mass is 290 g/mol. The molecule has 3 nitrogen and oxygen atoms in total. The Kier molecular flexibility index (Phi) is 4.24. The number of aliphatic imine (C=N–C) groups is 1. The van der Waals surface area contributed by atoms with E-state index >= 15 is 0 Å². The van der Waals surface area contributed by atoms with E-state index in [2.05, 4.69) is 16.1 Å². The van der Waals surface area contributed by atoms with Gasteiger partial charge in [0.05, 0.1) is 5.71 Å². The van der Waals surface area contributed by atoms with Gasteiger partial charge in [-0.1, -0.05) is 24.3 Å². The summed E-state index contributed by atoms with van der Waals surface area (Å²) in [5.41, 5.74) is 5.17. The molecule has 1 aromatic carbocycles. The van der Waals surface area contributed by atoms with Crippen LogP contribution in [0.5, 0.6) is 0 Å². The van der Waals surface area contributed by atoms with Gasteiger partial charge in [-0.05, 0) is 49.1 Å². The topological polar surface area (TPSA) is 42.3 Å². The predicted molar refractivity (Wildman–Crippen MR) is 89.3 cm³/mol. The highest BCUT2D eigenvalue weighted by molar-refractivity contribution is 6.15. The molecule has 0 unspecified atom stereocenters. The molecule has 0 saturated heterocycles. The zero-order chi connectivity index (χ0) is 15.4. The molecular weight excluding hydrogens is 272 g/mol. The van der Waals surface area contributed by atoms with E-state index in [0.717, 1.165) is 41.8 Å². The van der Waals surface area contributed by atoms with Gasteiger partial charge in [-0.15, -0.1) is 0 Å². The van der Waals surface area contributed by atoms with Crippen LogP contribution in [0.2, 0.25) is 0 Å². The molecule has 1 aromatic heterocycles. The molecule has 0 fully saturated rings. The lowest BCUT2D eigenvalue weighted by Gasteiger charge is -2.16. The molecule has 3 rings (SSSR count). The van der Waals surface area contributed by atoms with Gasteiger partial charge in [0.25, 0.3) is 0 Å². The maximum Gasteiger partial charge on any atom is 0.159 e. The molecule has 2 aromatic rings. The maximum atomic E-state index is 11.3. The van der Waals surface area contributed by atoms with Crippen molar-refractivity contribution in [2.75, 3.05) is 6.54 Å². The molecule has 1 aliphatic rings. The van der Waals surface area contributed by atoms with E-state index in [1.54, 1.807) is 13.1 Å². The van der Waals surface area contributed by atoms with E-state index in [1.807, 2.05) is 42.6 Å². The maximum absolute atomic E-state index is 11.3. The first kappa shape index (κ1) is 14.4. The van der Waals surface area contributed by atoms with Crippen LogP contribution in [0, 0.1) is 0 Å². The molecule has 3 heteroatoms. The molecule has 0 N–H and O–H groups in total. The SMILES string of the molecule is CC(=O)c1ccc(/C=C2\CCCN=C2c2cccnc2)cc1. The van der Waals surface area contributed by atoms with Crippen LogP contribution < -0.4 is 0 Å². The lowest BCUT2D eigenvalue weighted by molar-refractivity contribution is 0.101. The van der Waals surface area contributed by atoms with Crippen molar-refractivity contribution in [3.63, 3.8) is 0 Å². The Morgan fingerprint density at radius 2 is 2.00 bits per heavy atom. The summed E-state index contributed by atoms with van der Waals surface area (Å²) in [6.45, 7) is 2.45. The Labute approximate surface area is 130 Å². The van der Waals surface area contributed by atoms with Crippen molar-refractivity contribution >= 4 is 17.6 Å². The molecule has 0 bridgehead atoms. The van der Waals surface area contributed by atoms with Gasteiger partial charge < -0.3 is 0 Å². The summed E-state index contributed by atoms with van der Waals surface area (Å²) in [6, 6.07) is 11.7. The van der Waals surface area contributed by atoms with Gasteiger partial charge in [-0.3, -0.25) is 14.8 Å². The number of nitrogens with zero attached hydrogens (tertiary/aromatic N) is 2. The number of pyridine rings is 1. The van der Waals surface area contributed by atoms with E-state index in [4.69, 9.17) is 0 Å². The van der Waals surface area contributed by atoms with Crippen molar-refractivity contribution < 1.29 is 4.79 Å². The Morgan fingerprint density at radius 3 is 2.68 bits per heavy atom. The summed E-state index contributed by atoms with van der Waals surface area (Å²) in [4.78, 5) is 20.2. The Morgan fingerprint density at radius 1 is 1.18 bits per heavy atom. The first-order chi connectivity index (χ1) is 10.7. The third-order valence-electron chi connectivity index (χ3n) is 3.77. The molecule has 2 heterocycles. The fourth-order valence-electron chi connectivity index (χ4n) is 2.62. The number of carbonyl (C=O) groups is 1. The molecule has 0 saturated carbocycles. The first-order valence-corrected chi connectivity index (χ1v) is 7.51. The minimum atomic E-state index is 0.0921. The average molecular weight is 290 g/mol. The van der Waals surface area contributed by atoms with Crippen LogP contribution in [0.25, 0.3) is 6.08 Å². The number of allylic oxidation sites excluding steroid dienone is 1. The number of rotatable bonds is 3. The van der Waals surface area contributed by atoms with Crippen LogP contribution in [0.15, 0.2) is 59.4 Å². The van der Waals surface area contributed by atoms with Crippen molar-refractivity contribution in [2.45, 2.75) is 19.8 Å². The first-order valence-electron chi connectivity index (χ1n) is 7.51. The molecule has 1 aliphatic heterocycles. The van der Waals surface area contributed by atoms with E-state index in [1.165, 1.54) is 5.57 Å². The Balaban J connectivity index is 1.93. The fourth-order valence-corrected chi connectivity index (χ4v) is 2.62. The van der Waals surface area contributed by atoms with E-state index in [0.29, 0.717) is 0 Å². The molecule has 0 atom stereocenters. The second-order valence-electron chi connectivity index (χ2n) is 5.42. The summed E-state index contributed by atoms with van der Waals surface area (Å²) in [7, 11) is 0. The third-order valence-corrected chi connectivity index (χ3v) is 3.77. The van der Waals surface area contributed by atoms with Crippen molar-refractivity contribution in [2.24, 2.45) is 4.99 Å². The van der Waals surface area contributed by atoms with Crippen LogP contribution in [0.1, 0.15) is 41.3 Å². The molecule has 0 amide bonds. The number of hydrogen-bond donors (Lipinski definition) is 0. The Bertz CT molecular complexity index is 728. The van der Waals surface area contributed by atoms with Crippen molar-refractivity contribution in [3.05, 3.63) is 71.1 Å². The number of hydrogen-bond acceptors (Lipinski definition) is 3. The van der Waals surface area contributed by atoms with Crippen LogP contribution in [-0.4, -0.2) is 23.0 Å². The minimum absolute atomic E-state index is 0.0921. The second kappa shape index (κ2) is 6.48. The van der Waals surface area contributed by atoms with Gasteiger partial charge >= 0.3 is 0 Å². The largest absolute Gasteiger partial charge is 0.295 e. The summed E-state index contributed by atoms with van der Waals surface area (Å²) >= 11 is 0. The predicted octanol–water partition coefficient (Wildman–Crippen LogP) is 3.95. The number of carbonyl (C=O) groups excluding carboxylic acids is 1. The quantitative estimate of drug-likeness (QED) is 0.803. The fraction of sp³-hybridized carbons (Fsp3) is 0.211. The molecular formula is C19H18N2O. The van der Waals surface area contributed by atoms with Gasteiger partial charge in [0, 0.05) is 30.1 Å². The summed E-state index contributed by atoms with van der Waals surface area (Å²) in [5, 5.41) is 0. The summed E-state index contributed by atoms with van der Waals surface area (Å²) in [5.74, 6) is 0.0921. The van der Waals surface area contributed by atoms with Gasteiger partial charge in [-0.2, -0.15) is 0 Å². The standard InChI is InChI=1S/C19H18N2O/c1-14(22)16-8-6-15(7-9-16)12-17-4-3-11-21-19(17)18-5-2-10-20-13-18/h2,5-10,12-13H,3-4,11H2,1H3/b17-12+. The zero-order valence-electron chi connectivity index (χ0n) is 12.6. The summed E-state index contributed by atoms with van der Waals surface area (Å²) in [6.07, 6.45) is 7.88. The van der Waals surface area contributed by atoms with E-state index in [9.17, 15) is 4.79 Å². The molecule has 22 heavy (non-hydrogen) atoms. The molecule has 0 aliphatic carbocycles. The van der Waals surface area contributed by atoms with E-state index < -0.39 is 0 Å². The second-order valence-corrected chi connectivity index (χ2v) is 5.42. The number of ketones is 1. The van der Waals surface area contributed by atoms with Crippen molar-refractivity contribution in [1.29, 1.82) is 0 Å². The highest BCUT2D eigenvalue weighted by Crippen LogP contribution is 2.22. The number of benzene rings is 1. The van der Waals surface area contributed by atoms with Crippen LogP contribution >= 0.6 is 0 Å². The zero-order valence-corrected chi connectivity index (χ0v) is 12.6. The van der Waals surface area contributed by atoms with E-state index in [-0.39, 0.29) is 5.78 Å². The lowest BCUT2D eigenvalue weighted by atomic mass is 9.94. The molecule has 0 spiro atoms. The van der Waals surface area contributed by atoms with Gasteiger partial charge in [0.15, 0.2) is 5.78 Å². The van der Waals surface area contributed by atoms with Crippen LogP contribution in [0.4, 0.5) is 0 Å². The highest BCUT2D eigenvalue weighted by Gasteiger charge is 2.14. The van der Waals surface area contributed by atoms with Gasteiger partial charge in [-0.25, -0.2) is 0 Å². The lowest BCUT2D eigenvalue weighted by Crippen LogP contribution is -2.11. The highest BCUT2D eigenvalue weighted by atomic mass is 16.1. The van der Waals surface area contributed by atoms with Crippen LogP contribution in [-0.2, 0) is 0 Å². The Hall–Kier alpha value is -2.55. The molecule has 0 radical (unpaired) electrons.